The van der Waals surface area contributed by atoms with E-state index in [1.54, 1.807) is 13.0 Å². The number of ether oxygens (including phenoxy) is 1. The molecule has 182 valence electrons. The number of hydrogen-bond acceptors (Lipinski definition) is 4. The number of carbonyl (C=O) groups is 1. The Balaban J connectivity index is 1.61. The second-order valence-corrected chi connectivity index (χ2v) is 12.1. The summed E-state index contributed by atoms with van der Waals surface area (Å²) in [5, 5.41) is 0. The average Bonchev–Trinajstić information content (AvgIpc) is 2.78. The van der Waals surface area contributed by atoms with Gasteiger partial charge < -0.3 is 4.74 Å². The molecule has 3 aromatic rings. The topological polar surface area (TPSA) is 80.7 Å². The van der Waals surface area contributed by atoms with Crippen molar-refractivity contribution >= 4 is 16.1 Å². The summed E-state index contributed by atoms with van der Waals surface area (Å²) in [6.07, 6.45) is 0. The van der Waals surface area contributed by atoms with Crippen LogP contribution in [0.1, 0.15) is 78.8 Å². The summed E-state index contributed by atoms with van der Waals surface area (Å²) in [6.45, 7) is 9.63. The first kappa shape index (κ1) is 23.8. The van der Waals surface area contributed by atoms with Crippen molar-refractivity contribution in [3.05, 3.63) is 94.0 Å². The maximum absolute atomic E-state index is 13.9. The standard InChI is InChI=1S/C29H30O5S/c1-16(2)22-15-23(17(3)14-24(22)35(31,32)33)34-28(30)27-25-18-10-6-8-12-20(18)26(29(27,4)5)21-13-9-7-11-19(21)25/h6-16,25-27H,1-5H3,(H,31,32,33). The van der Waals surface area contributed by atoms with Crippen molar-refractivity contribution in [3.63, 3.8) is 0 Å². The van der Waals surface area contributed by atoms with Crippen LogP contribution in [0, 0.1) is 18.3 Å². The van der Waals surface area contributed by atoms with Gasteiger partial charge in [0.2, 0.25) is 0 Å². The number of fused-ring (bicyclic) bond motifs is 1. The van der Waals surface area contributed by atoms with Gasteiger partial charge in [0.25, 0.3) is 10.1 Å². The molecule has 6 rings (SSSR count). The number of hydrogen-bond donors (Lipinski definition) is 1. The highest BCUT2D eigenvalue weighted by atomic mass is 32.2. The number of aryl methyl sites for hydroxylation is 1. The molecule has 0 saturated heterocycles. The van der Waals surface area contributed by atoms with E-state index in [2.05, 4.69) is 50.2 Å². The smallest absolute Gasteiger partial charge is 0.315 e. The Kier molecular flexibility index (Phi) is 5.46. The first-order chi connectivity index (χ1) is 16.4. The van der Waals surface area contributed by atoms with E-state index < -0.39 is 21.5 Å². The average molecular weight is 491 g/mol. The Hall–Kier alpha value is -2.96. The quantitative estimate of drug-likeness (QED) is 0.267. The zero-order valence-corrected chi connectivity index (χ0v) is 21.4. The van der Waals surface area contributed by atoms with Gasteiger partial charge in [-0.1, -0.05) is 76.2 Å². The normalized spacial score (nSPS) is 22.0. The lowest BCUT2D eigenvalue weighted by Gasteiger charge is -2.54. The van der Waals surface area contributed by atoms with E-state index in [0.717, 1.165) is 0 Å². The van der Waals surface area contributed by atoms with Gasteiger partial charge in [-0.15, -0.1) is 0 Å². The summed E-state index contributed by atoms with van der Waals surface area (Å²) < 4.78 is 39.6. The second kappa shape index (κ2) is 8.04. The van der Waals surface area contributed by atoms with E-state index in [0.29, 0.717) is 16.9 Å². The first-order valence-corrected chi connectivity index (χ1v) is 13.4. The van der Waals surface area contributed by atoms with Crippen molar-refractivity contribution in [3.8, 4) is 5.75 Å². The van der Waals surface area contributed by atoms with Crippen LogP contribution < -0.4 is 4.74 Å². The Morgan fingerprint density at radius 3 is 1.94 bits per heavy atom. The summed E-state index contributed by atoms with van der Waals surface area (Å²) in [6, 6.07) is 19.7. The molecule has 0 radical (unpaired) electrons. The van der Waals surface area contributed by atoms with Gasteiger partial charge >= 0.3 is 5.97 Å². The molecule has 5 nitrogen and oxygen atoms in total. The molecule has 0 aromatic heterocycles. The van der Waals surface area contributed by atoms with Gasteiger partial charge in [-0.05, 0) is 63.8 Å². The molecule has 2 bridgehead atoms. The minimum Gasteiger partial charge on any atom is -0.426 e. The van der Waals surface area contributed by atoms with E-state index >= 15 is 0 Å². The lowest BCUT2D eigenvalue weighted by atomic mass is 9.48. The van der Waals surface area contributed by atoms with Crippen LogP contribution in [-0.2, 0) is 14.9 Å². The molecule has 0 fully saturated rings. The molecule has 3 aliphatic rings. The number of carbonyl (C=O) groups excluding carboxylic acids is 1. The molecular formula is C29H30O5S. The third kappa shape index (κ3) is 3.62. The van der Waals surface area contributed by atoms with Gasteiger partial charge in [0.1, 0.15) is 5.75 Å². The van der Waals surface area contributed by atoms with Crippen molar-refractivity contribution in [2.45, 2.75) is 57.3 Å². The van der Waals surface area contributed by atoms with E-state index in [1.807, 2.05) is 26.0 Å². The SMILES string of the molecule is Cc1cc(S(=O)(=O)O)c(C(C)C)cc1OC(=O)C1C2c3ccccc3C(c3ccccc32)C1(C)C. The van der Waals surface area contributed by atoms with Crippen LogP contribution in [0.4, 0.5) is 0 Å². The Morgan fingerprint density at radius 1 is 0.943 bits per heavy atom. The molecule has 1 atom stereocenters. The van der Waals surface area contributed by atoms with E-state index in [9.17, 15) is 17.8 Å². The molecule has 0 amide bonds. The van der Waals surface area contributed by atoms with E-state index in [4.69, 9.17) is 4.74 Å². The molecule has 0 heterocycles. The van der Waals surface area contributed by atoms with Crippen molar-refractivity contribution in [2.24, 2.45) is 11.3 Å². The Bertz CT molecular complexity index is 1400. The predicted octanol–water partition coefficient (Wildman–Crippen LogP) is 6.20. The van der Waals surface area contributed by atoms with Gasteiger partial charge in [0, 0.05) is 11.8 Å². The molecule has 1 unspecified atom stereocenters. The predicted molar refractivity (Wildman–Crippen MR) is 135 cm³/mol. The van der Waals surface area contributed by atoms with Crippen LogP contribution >= 0.6 is 0 Å². The minimum absolute atomic E-state index is 0.0617. The highest BCUT2D eigenvalue weighted by Gasteiger charge is 2.57. The zero-order valence-electron chi connectivity index (χ0n) is 20.6. The lowest BCUT2D eigenvalue weighted by molar-refractivity contribution is -0.145. The monoisotopic (exact) mass is 490 g/mol. The number of esters is 1. The van der Waals surface area contributed by atoms with Crippen molar-refractivity contribution < 1.29 is 22.5 Å². The van der Waals surface area contributed by atoms with Crippen LogP contribution in [0.2, 0.25) is 0 Å². The summed E-state index contributed by atoms with van der Waals surface area (Å²) in [5.74, 6) is -0.675. The molecule has 3 aromatic carbocycles. The lowest BCUT2D eigenvalue weighted by Crippen LogP contribution is -2.50. The van der Waals surface area contributed by atoms with Crippen LogP contribution in [-0.4, -0.2) is 18.9 Å². The van der Waals surface area contributed by atoms with Gasteiger partial charge in [0.05, 0.1) is 10.8 Å². The van der Waals surface area contributed by atoms with Crippen LogP contribution in [0.15, 0.2) is 65.6 Å². The third-order valence-corrected chi connectivity index (χ3v) is 8.74. The fraction of sp³-hybridized carbons (Fsp3) is 0.345. The van der Waals surface area contributed by atoms with Crippen LogP contribution in [0.5, 0.6) is 5.75 Å². The fourth-order valence-electron chi connectivity index (χ4n) is 6.29. The molecular weight excluding hydrogens is 460 g/mol. The minimum atomic E-state index is -4.40. The Morgan fingerprint density at radius 2 is 1.46 bits per heavy atom. The summed E-state index contributed by atoms with van der Waals surface area (Å²) in [7, 11) is -4.40. The molecule has 0 saturated carbocycles. The van der Waals surface area contributed by atoms with Crippen molar-refractivity contribution in [1.82, 2.24) is 0 Å². The Labute approximate surface area is 206 Å². The van der Waals surface area contributed by atoms with Gasteiger partial charge in [-0.25, -0.2) is 0 Å². The summed E-state index contributed by atoms with van der Waals surface area (Å²) >= 11 is 0. The maximum atomic E-state index is 13.9. The fourth-order valence-corrected chi connectivity index (χ4v) is 7.21. The molecule has 0 aliphatic heterocycles. The highest BCUT2D eigenvalue weighted by molar-refractivity contribution is 7.85. The summed E-state index contributed by atoms with van der Waals surface area (Å²) in [5.41, 5.74) is 5.36. The number of benzene rings is 3. The van der Waals surface area contributed by atoms with Gasteiger partial charge in [-0.3, -0.25) is 9.35 Å². The van der Waals surface area contributed by atoms with E-state index in [1.165, 1.54) is 28.3 Å². The molecule has 1 N–H and O–H groups in total. The van der Waals surface area contributed by atoms with Crippen LogP contribution in [0.3, 0.4) is 0 Å². The van der Waals surface area contributed by atoms with E-state index in [-0.39, 0.29) is 28.6 Å². The molecule has 0 spiro atoms. The molecule has 3 aliphatic carbocycles. The number of rotatable bonds is 4. The molecule has 35 heavy (non-hydrogen) atoms. The second-order valence-electron chi connectivity index (χ2n) is 10.7. The zero-order chi connectivity index (χ0) is 25.3. The van der Waals surface area contributed by atoms with Crippen molar-refractivity contribution in [2.75, 3.05) is 0 Å². The van der Waals surface area contributed by atoms with Crippen LogP contribution in [0.25, 0.3) is 0 Å². The van der Waals surface area contributed by atoms with Gasteiger partial charge in [-0.2, -0.15) is 8.42 Å². The summed E-state index contributed by atoms with van der Waals surface area (Å²) in [4.78, 5) is 13.8. The largest absolute Gasteiger partial charge is 0.426 e. The maximum Gasteiger partial charge on any atom is 0.315 e. The molecule has 6 heteroatoms. The highest BCUT2D eigenvalue weighted by Crippen LogP contribution is 2.63. The van der Waals surface area contributed by atoms with Gasteiger partial charge in [0.15, 0.2) is 0 Å². The van der Waals surface area contributed by atoms with Crippen molar-refractivity contribution in [1.29, 1.82) is 0 Å². The third-order valence-electron chi connectivity index (χ3n) is 7.83. The first-order valence-electron chi connectivity index (χ1n) is 11.9.